The molecule has 3 nitrogen and oxygen atoms in total. The van der Waals surface area contributed by atoms with Gasteiger partial charge in [0.2, 0.25) is 0 Å². The minimum absolute atomic E-state index is 0.593. The number of hydrogen-bond donors (Lipinski definition) is 0. The summed E-state index contributed by atoms with van der Waals surface area (Å²) in [6.07, 6.45) is 3.92. The van der Waals surface area contributed by atoms with Crippen LogP contribution in [0.2, 0.25) is 0 Å². The van der Waals surface area contributed by atoms with Gasteiger partial charge < -0.3 is 9.47 Å². The molecule has 2 rings (SSSR count). The third-order valence-corrected chi connectivity index (χ3v) is 4.23. The van der Waals surface area contributed by atoms with Gasteiger partial charge in [-0.05, 0) is 31.5 Å². The van der Waals surface area contributed by atoms with Crippen molar-refractivity contribution in [1.29, 1.82) is 0 Å². The van der Waals surface area contributed by atoms with Crippen molar-refractivity contribution in [1.82, 2.24) is 14.5 Å². The van der Waals surface area contributed by atoms with E-state index in [1.807, 2.05) is 6.20 Å². The summed E-state index contributed by atoms with van der Waals surface area (Å²) in [6, 6.07) is 8.41. The van der Waals surface area contributed by atoms with E-state index in [1.54, 1.807) is 0 Å². The molecular weight excluding hydrogens is 314 g/mol. The maximum absolute atomic E-state index is 4.27. The normalized spacial score (nSPS) is 12.8. The number of nitrogens with zero attached hydrogens (tertiary/aromatic N) is 3. The van der Waals surface area contributed by atoms with Crippen molar-refractivity contribution in [2.45, 2.75) is 26.9 Å². The first-order chi connectivity index (χ1) is 9.56. The molecule has 0 saturated heterocycles. The zero-order chi connectivity index (χ0) is 14.5. The molecule has 0 radical (unpaired) electrons. The fourth-order valence-electron chi connectivity index (χ4n) is 2.50. The fraction of sp³-hybridized carbons (Fsp3) is 0.438. The maximum Gasteiger partial charge on any atom is 0.105 e. The van der Waals surface area contributed by atoms with Gasteiger partial charge in [-0.15, -0.1) is 0 Å². The van der Waals surface area contributed by atoms with Crippen LogP contribution in [0.1, 0.15) is 18.3 Å². The van der Waals surface area contributed by atoms with E-state index >= 15 is 0 Å². The highest BCUT2D eigenvalue weighted by atomic mass is 79.9. The molecule has 0 aliphatic rings. The largest absolute Gasteiger partial charge is 0.335 e. The third kappa shape index (κ3) is 4.18. The molecule has 1 heterocycles. The molecule has 1 atom stereocenters. The Morgan fingerprint density at radius 1 is 1.35 bits per heavy atom. The van der Waals surface area contributed by atoms with Gasteiger partial charge in [0, 0.05) is 36.5 Å². The number of imidazole rings is 1. The molecule has 0 aliphatic heterocycles. The number of halogens is 1. The predicted octanol–water partition coefficient (Wildman–Crippen LogP) is 3.72. The van der Waals surface area contributed by atoms with Crippen LogP contribution >= 0.6 is 15.9 Å². The first-order valence-electron chi connectivity index (χ1n) is 6.96. The van der Waals surface area contributed by atoms with Crippen LogP contribution in [0.3, 0.4) is 0 Å². The van der Waals surface area contributed by atoms with Crippen molar-refractivity contribution in [2.24, 2.45) is 5.92 Å². The number of benzene rings is 1. The Kier molecular flexibility index (Phi) is 5.38. The average molecular weight is 336 g/mol. The molecule has 1 unspecified atom stereocenters. The van der Waals surface area contributed by atoms with E-state index < -0.39 is 0 Å². The molecule has 0 aliphatic carbocycles. The summed E-state index contributed by atoms with van der Waals surface area (Å²) in [4.78, 5) is 6.64. The average Bonchev–Trinajstić information content (AvgIpc) is 2.77. The molecular formula is C16H22BrN3. The summed E-state index contributed by atoms with van der Waals surface area (Å²) in [5.41, 5.74) is 1.33. The molecule has 20 heavy (non-hydrogen) atoms. The molecule has 0 saturated carbocycles. The number of aromatic nitrogens is 2. The first-order valence-corrected chi connectivity index (χ1v) is 7.75. The van der Waals surface area contributed by atoms with Gasteiger partial charge in [-0.3, -0.25) is 0 Å². The second-order valence-corrected chi connectivity index (χ2v) is 6.37. The minimum atomic E-state index is 0.593. The van der Waals surface area contributed by atoms with E-state index in [-0.39, 0.29) is 0 Å². The summed E-state index contributed by atoms with van der Waals surface area (Å²) < 4.78 is 3.40. The Labute approximate surface area is 129 Å². The Morgan fingerprint density at radius 2 is 2.10 bits per heavy atom. The molecule has 4 heteroatoms. The standard InChI is InChI=1S/C16H22BrN3/c1-13(11-20-9-8-18-14(20)2)10-19(3)12-15-6-4-5-7-16(15)17/h4-9,13H,10-12H2,1-3H3. The van der Waals surface area contributed by atoms with Crippen molar-refractivity contribution in [3.8, 4) is 0 Å². The van der Waals surface area contributed by atoms with E-state index in [2.05, 4.69) is 81.7 Å². The van der Waals surface area contributed by atoms with Crippen molar-refractivity contribution in [3.05, 3.63) is 52.5 Å². The zero-order valence-electron chi connectivity index (χ0n) is 12.4. The van der Waals surface area contributed by atoms with Crippen molar-refractivity contribution < 1.29 is 0 Å². The van der Waals surface area contributed by atoms with Crippen LogP contribution in [-0.4, -0.2) is 28.0 Å². The second-order valence-electron chi connectivity index (χ2n) is 5.52. The van der Waals surface area contributed by atoms with Crippen LogP contribution in [0.4, 0.5) is 0 Å². The highest BCUT2D eigenvalue weighted by Gasteiger charge is 2.10. The molecule has 2 aromatic rings. The number of rotatable bonds is 6. The van der Waals surface area contributed by atoms with Gasteiger partial charge in [-0.25, -0.2) is 4.98 Å². The lowest BCUT2D eigenvalue weighted by atomic mass is 10.1. The molecule has 1 aromatic heterocycles. The third-order valence-electron chi connectivity index (χ3n) is 3.45. The summed E-state index contributed by atoms with van der Waals surface area (Å²) in [5, 5.41) is 0. The van der Waals surface area contributed by atoms with Crippen LogP contribution in [0.5, 0.6) is 0 Å². The molecule has 0 bridgehead atoms. The zero-order valence-corrected chi connectivity index (χ0v) is 14.0. The summed E-state index contributed by atoms with van der Waals surface area (Å²) >= 11 is 3.61. The molecule has 1 aromatic carbocycles. The Balaban J connectivity index is 1.87. The second kappa shape index (κ2) is 7.04. The number of aryl methyl sites for hydroxylation is 1. The van der Waals surface area contributed by atoms with Gasteiger partial charge >= 0.3 is 0 Å². The van der Waals surface area contributed by atoms with Crippen LogP contribution in [0, 0.1) is 12.8 Å². The van der Waals surface area contributed by atoms with E-state index in [0.717, 1.165) is 25.5 Å². The summed E-state index contributed by atoms with van der Waals surface area (Å²) in [5.74, 6) is 1.68. The van der Waals surface area contributed by atoms with Crippen molar-refractivity contribution in [2.75, 3.05) is 13.6 Å². The lowest BCUT2D eigenvalue weighted by molar-refractivity contribution is 0.262. The van der Waals surface area contributed by atoms with Crippen LogP contribution < -0.4 is 0 Å². The highest BCUT2D eigenvalue weighted by Crippen LogP contribution is 2.18. The van der Waals surface area contributed by atoms with E-state index in [4.69, 9.17) is 0 Å². The van der Waals surface area contributed by atoms with E-state index in [0.29, 0.717) is 5.92 Å². The molecule has 0 N–H and O–H groups in total. The summed E-state index contributed by atoms with van der Waals surface area (Å²) in [6.45, 7) is 7.40. The first kappa shape index (κ1) is 15.3. The smallest absolute Gasteiger partial charge is 0.105 e. The topological polar surface area (TPSA) is 21.1 Å². The van der Waals surface area contributed by atoms with Crippen LogP contribution in [-0.2, 0) is 13.1 Å². The minimum Gasteiger partial charge on any atom is -0.335 e. The van der Waals surface area contributed by atoms with Gasteiger partial charge in [-0.1, -0.05) is 41.1 Å². The van der Waals surface area contributed by atoms with Gasteiger partial charge in [0.25, 0.3) is 0 Å². The summed E-state index contributed by atoms with van der Waals surface area (Å²) in [7, 11) is 2.18. The lowest BCUT2D eigenvalue weighted by Crippen LogP contribution is -2.26. The molecule has 0 fully saturated rings. The Hall–Kier alpha value is -1.13. The fourth-order valence-corrected chi connectivity index (χ4v) is 2.91. The van der Waals surface area contributed by atoms with Gasteiger partial charge in [0.15, 0.2) is 0 Å². The lowest BCUT2D eigenvalue weighted by Gasteiger charge is -2.22. The molecule has 0 amide bonds. The molecule has 0 spiro atoms. The van der Waals surface area contributed by atoms with Gasteiger partial charge in [-0.2, -0.15) is 0 Å². The van der Waals surface area contributed by atoms with Gasteiger partial charge in [0.1, 0.15) is 5.82 Å². The van der Waals surface area contributed by atoms with Crippen LogP contribution in [0.15, 0.2) is 41.1 Å². The maximum atomic E-state index is 4.27. The van der Waals surface area contributed by atoms with E-state index in [9.17, 15) is 0 Å². The van der Waals surface area contributed by atoms with Gasteiger partial charge in [0.05, 0.1) is 0 Å². The quantitative estimate of drug-likeness (QED) is 0.802. The SMILES string of the molecule is Cc1nccn1CC(C)CN(C)Cc1ccccc1Br. The highest BCUT2D eigenvalue weighted by molar-refractivity contribution is 9.10. The van der Waals surface area contributed by atoms with Crippen molar-refractivity contribution in [3.63, 3.8) is 0 Å². The van der Waals surface area contributed by atoms with Crippen molar-refractivity contribution >= 4 is 15.9 Å². The van der Waals surface area contributed by atoms with E-state index in [1.165, 1.54) is 10.0 Å². The van der Waals surface area contributed by atoms with Crippen LogP contribution in [0.25, 0.3) is 0 Å². The number of hydrogen-bond acceptors (Lipinski definition) is 2. The monoisotopic (exact) mass is 335 g/mol. The predicted molar refractivity (Wildman–Crippen MR) is 86.6 cm³/mol. The Morgan fingerprint density at radius 3 is 2.75 bits per heavy atom. The molecule has 108 valence electrons. The Bertz CT molecular complexity index is 550.